The van der Waals surface area contributed by atoms with Crippen molar-refractivity contribution in [3.63, 3.8) is 0 Å². The van der Waals surface area contributed by atoms with Gasteiger partial charge in [0.2, 0.25) is 0 Å². The Morgan fingerprint density at radius 1 is 0.205 bits per heavy atom. The van der Waals surface area contributed by atoms with E-state index in [-0.39, 0.29) is 0 Å². The minimum atomic E-state index is 1.01. The van der Waals surface area contributed by atoms with Gasteiger partial charge < -0.3 is 0 Å². The molecule has 0 bridgehead atoms. The van der Waals surface area contributed by atoms with Crippen LogP contribution >= 0.6 is 0 Å². The Balaban J connectivity index is 0.000000192. The largest absolute Gasteiger partial charge is 0.0654 e. The second-order valence-electron chi connectivity index (χ2n) is 31.4. The molecule has 0 amide bonds. The Morgan fingerprint density at radius 2 is 0.436 bits per heavy atom. The molecule has 0 aliphatic heterocycles. The molecule has 0 saturated heterocycles. The molecule has 8 aliphatic rings. The molecule has 0 N–H and O–H groups in total. The van der Waals surface area contributed by atoms with E-state index >= 15 is 0 Å². The smallest absolute Gasteiger partial charge is 0.0360 e. The first-order valence-electron chi connectivity index (χ1n) is 38.0. The molecular weight excluding hydrogens is 937 g/mol. The van der Waals surface area contributed by atoms with Gasteiger partial charge in [-0.1, -0.05) is 276 Å². The van der Waals surface area contributed by atoms with Gasteiger partial charge in [-0.3, -0.25) is 0 Å². The van der Waals surface area contributed by atoms with Gasteiger partial charge in [-0.2, -0.15) is 0 Å². The predicted molar refractivity (Wildman–Crippen MR) is 350 cm³/mol. The molecule has 8 aliphatic carbocycles. The molecule has 0 aromatic carbocycles. The van der Waals surface area contributed by atoms with Crippen molar-refractivity contribution in [2.75, 3.05) is 0 Å². The van der Waals surface area contributed by atoms with Crippen molar-refractivity contribution in [1.29, 1.82) is 0 Å². The molecule has 0 radical (unpaired) electrons. The van der Waals surface area contributed by atoms with Crippen LogP contribution in [0.4, 0.5) is 0 Å². The summed E-state index contributed by atoms with van der Waals surface area (Å²) in [7, 11) is 0. The van der Waals surface area contributed by atoms with Gasteiger partial charge in [0.15, 0.2) is 0 Å². The molecule has 78 heavy (non-hydrogen) atoms. The van der Waals surface area contributed by atoms with Gasteiger partial charge in [0, 0.05) is 0 Å². The molecular formula is C78H148. The maximum atomic E-state index is 2.57. The van der Waals surface area contributed by atoms with Crippen LogP contribution in [0.15, 0.2) is 0 Å². The van der Waals surface area contributed by atoms with Gasteiger partial charge in [-0.25, -0.2) is 0 Å². The molecule has 0 aromatic rings. The van der Waals surface area contributed by atoms with Crippen molar-refractivity contribution >= 4 is 0 Å². The van der Waals surface area contributed by atoms with Crippen LogP contribution in [0.3, 0.4) is 0 Å². The predicted octanol–water partition coefficient (Wildman–Crippen LogP) is 26.6. The lowest BCUT2D eigenvalue weighted by molar-refractivity contribution is 0.0924. The summed E-state index contributed by atoms with van der Waals surface area (Å²) in [6.45, 7) is 29.1. The van der Waals surface area contributed by atoms with Crippen LogP contribution in [0, 0.1) is 118 Å². The molecule has 12 unspecified atom stereocenters. The normalized spacial score (nSPS) is 39.5. The molecule has 0 heteroatoms. The first-order chi connectivity index (χ1) is 38.0. The Kier molecular flexibility index (Phi) is 34.9. The van der Waals surface area contributed by atoms with E-state index in [0.717, 1.165) is 118 Å². The zero-order valence-electron chi connectivity index (χ0n) is 56.1. The van der Waals surface area contributed by atoms with Crippen LogP contribution < -0.4 is 0 Å². The molecule has 0 nitrogen and oxygen atoms in total. The number of rotatable bonds is 22. The fraction of sp³-hybridized carbons (Fsp3) is 1.00. The van der Waals surface area contributed by atoms with Gasteiger partial charge in [0.25, 0.3) is 0 Å². The Morgan fingerprint density at radius 3 is 0.679 bits per heavy atom. The lowest BCUT2D eigenvalue weighted by Crippen LogP contribution is -2.31. The van der Waals surface area contributed by atoms with Crippen LogP contribution in [-0.2, 0) is 0 Å². The summed E-state index contributed by atoms with van der Waals surface area (Å²) >= 11 is 0. The summed E-state index contributed by atoms with van der Waals surface area (Å²) in [5.41, 5.74) is 0. The third kappa shape index (κ3) is 23.8. The first-order valence-corrected chi connectivity index (χ1v) is 38.0. The monoisotopic (exact) mass is 1090 g/mol. The highest BCUT2D eigenvalue weighted by Crippen LogP contribution is 2.50. The van der Waals surface area contributed by atoms with E-state index in [0.29, 0.717) is 0 Å². The van der Waals surface area contributed by atoms with Gasteiger partial charge in [0.1, 0.15) is 0 Å². The number of hydrogen-bond acceptors (Lipinski definition) is 0. The Labute approximate surface area is 494 Å². The fourth-order valence-corrected chi connectivity index (χ4v) is 20.9. The molecule has 8 rings (SSSR count). The molecule has 8 fully saturated rings. The molecule has 0 heterocycles. The summed E-state index contributed by atoms with van der Waals surface area (Å²) in [6.07, 6.45) is 69.3. The highest BCUT2D eigenvalue weighted by molar-refractivity contribution is 4.89. The second-order valence-corrected chi connectivity index (χ2v) is 31.4. The zero-order valence-corrected chi connectivity index (χ0v) is 56.1. The summed E-state index contributed by atoms with van der Waals surface area (Å²) in [4.78, 5) is 0. The highest BCUT2D eigenvalue weighted by Gasteiger charge is 2.38. The third-order valence-electron chi connectivity index (χ3n) is 25.6. The highest BCUT2D eigenvalue weighted by atomic mass is 14.4. The number of hydrogen-bond donors (Lipinski definition) is 0. The maximum Gasteiger partial charge on any atom is -0.0360 e. The third-order valence-corrected chi connectivity index (χ3v) is 25.6. The Hall–Kier alpha value is 0. The second kappa shape index (κ2) is 39.6. The minimum Gasteiger partial charge on any atom is -0.0654 e. The average Bonchev–Trinajstić information content (AvgIpc) is 3.45. The SMILES string of the molecule is CCCC1CCC(C2CCC(CC)CC2)C(C)C1.CCCC1CCC(C2CCC(CCC)CC2C)CC1.CCCCC1CCC(C2CCC(CCC)CC2C)CC1.CCCCCC1CCC(C2CCC(CCC)CC2C)CC1. The fourth-order valence-electron chi connectivity index (χ4n) is 20.9. The molecule has 0 spiro atoms. The van der Waals surface area contributed by atoms with Crippen LogP contribution in [0.2, 0.25) is 0 Å². The van der Waals surface area contributed by atoms with E-state index < -0.39 is 0 Å². The molecule has 0 aromatic heterocycles. The Bertz CT molecular complexity index is 1390. The molecule has 460 valence electrons. The summed E-state index contributed by atoms with van der Waals surface area (Å²) in [5.74, 6) is 21.3. The topological polar surface area (TPSA) is 0 Å². The van der Waals surface area contributed by atoms with E-state index in [9.17, 15) is 0 Å². The van der Waals surface area contributed by atoms with Crippen molar-refractivity contribution in [2.24, 2.45) is 118 Å². The van der Waals surface area contributed by atoms with Crippen molar-refractivity contribution in [3.05, 3.63) is 0 Å². The summed E-state index contributed by atoms with van der Waals surface area (Å²) in [6, 6.07) is 0. The first kappa shape index (κ1) is 68.8. The van der Waals surface area contributed by atoms with Crippen LogP contribution in [0.1, 0.15) is 378 Å². The van der Waals surface area contributed by atoms with E-state index in [2.05, 4.69) is 83.1 Å². The van der Waals surface area contributed by atoms with Crippen molar-refractivity contribution in [2.45, 2.75) is 378 Å². The van der Waals surface area contributed by atoms with E-state index in [1.165, 1.54) is 167 Å². The van der Waals surface area contributed by atoms with Crippen LogP contribution in [0.5, 0.6) is 0 Å². The van der Waals surface area contributed by atoms with Crippen molar-refractivity contribution in [3.8, 4) is 0 Å². The summed E-state index contributed by atoms with van der Waals surface area (Å²) < 4.78 is 0. The lowest BCUT2D eigenvalue weighted by atomic mass is 9.64. The van der Waals surface area contributed by atoms with Crippen molar-refractivity contribution < 1.29 is 0 Å². The number of unbranched alkanes of at least 4 members (excludes halogenated alkanes) is 3. The quantitative estimate of drug-likeness (QED) is 0.0948. The zero-order chi connectivity index (χ0) is 56.1. The van der Waals surface area contributed by atoms with Crippen LogP contribution in [0.25, 0.3) is 0 Å². The maximum absolute atomic E-state index is 2.57. The standard InChI is InChI=1S/C21H40.C20H38.C19H36.C18H34/c1-4-6-7-9-18-10-13-20(14-11-18)21-15-12-19(8-5-2)16-17(21)3;1-4-6-8-17-9-12-19(13-10-17)20-14-11-18(7-5-2)15-16(20)3;1-4-6-16-8-11-18(12-9-16)19-13-10-17(7-5-2)14-15(19)3;1-4-6-16-9-12-18(14(3)13-16)17-10-7-15(5-2)8-11-17/h17-21H,4-16H2,1-3H3;16-20H,4-15H2,1-3H3;15-19H,4-14H2,1-3H3;14-18H,4-13H2,1-3H3. The van der Waals surface area contributed by atoms with E-state index in [1.54, 1.807) is 128 Å². The minimum absolute atomic E-state index is 1.01. The molecule has 12 atom stereocenters. The van der Waals surface area contributed by atoms with Crippen LogP contribution in [-0.4, -0.2) is 0 Å². The van der Waals surface area contributed by atoms with E-state index in [4.69, 9.17) is 0 Å². The van der Waals surface area contributed by atoms with Gasteiger partial charge in [-0.15, -0.1) is 0 Å². The lowest BCUT2D eigenvalue weighted by Gasteiger charge is -2.41. The molecule has 8 saturated carbocycles. The van der Waals surface area contributed by atoms with Gasteiger partial charge >= 0.3 is 0 Å². The average molecular weight is 1090 g/mol. The summed E-state index contributed by atoms with van der Waals surface area (Å²) in [5, 5.41) is 0. The van der Waals surface area contributed by atoms with E-state index in [1.807, 2.05) is 0 Å². The van der Waals surface area contributed by atoms with Crippen molar-refractivity contribution in [1.82, 2.24) is 0 Å². The van der Waals surface area contributed by atoms with Gasteiger partial charge in [0.05, 0.1) is 0 Å². The van der Waals surface area contributed by atoms with Gasteiger partial charge in [-0.05, 0) is 221 Å².